The van der Waals surface area contributed by atoms with Gasteiger partial charge in [-0.3, -0.25) is 4.98 Å². The zero-order valence-corrected chi connectivity index (χ0v) is 10.2. The number of rotatable bonds is 0. The molecule has 0 aromatic carbocycles. The summed E-state index contributed by atoms with van der Waals surface area (Å²) in [4.78, 5) is 8.69. The molecule has 2 aromatic heterocycles. The second-order valence-electron chi connectivity index (χ2n) is 5.26. The second-order valence-corrected chi connectivity index (χ2v) is 5.26. The summed E-state index contributed by atoms with van der Waals surface area (Å²) in [6.45, 7) is 7.06. The summed E-state index contributed by atoms with van der Waals surface area (Å²) in [7, 11) is 0. The van der Waals surface area contributed by atoms with E-state index >= 15 is 0 Å². The number of aromatic nitrogens is 4. The van der Waals surface area contributed by atoms with E-state index in [0.29, 0.717) is 6.54 Å². The average molecular weight is 229 g/mol. The van der Waals surface area contributed by atoms with Crippen LogP contribution < -0.4 is 5.32 Å². The highest BCUT2D eigenvalue weighted by molar-refractivity contribution is 5.61. The average Bonchev–Trinajstić information content (AvgIpc) is 2.72. The minimum atomic E-state index is -0.0302. The third kappa shape index (κ3) is 1.58. The van der Waals surface area contributed by atoms with E-state index in [4.69, 9.17) is 0 Å². The molecule has 17 heavy (non-hydrogen) atoms. The van der Waals surface area contributed by atoms with Crippen LogP contribution in [0.5, 0.6) is 0 Å². The summed E-state index contributed by atoms with van der Waals surface area (Å²) >= 11 is 0. The summed E-state index contributed by atoms with van der Waals surface area (Å²) in [5.74, 6) is 1.83. The maximum absolute atomic E-state index is 4.60. The summed E-state index contributed by atoms with van der Waals surface area (Å²) < 4.78 is 1.91. The van der Waals surface area contributed by atoms with E-state index in [2.05, 4.69) is 41.2 Å². The molecule has 0 fully saturated rings. The summed E-state index contributed by atoms with van der Waals surface area (Å²) in [5, 5.41) is 7.90. The second kappa shape index (κ2) is 3.29. The Kier molecular flexibility index (Phi) is 1.98. The lowest BCUT2D eigenvalue weighted by atomic mass is 9.96. The molecule has 0 spiro atoms. The van der Waals surface area contributed by atoms with Gasteiger partial charge in [-0.15, -0.1) is 0 Å². The first-order chi connectivity index (χ1) is 8.05. The number of pyridine rings is 1. The standard InChI is InChI=1S/C12H15N5/c1-12(2,3)11-15-10-7-14-8-6-13-5-4-9(8)17(10)16-11/h4-6,14H,7H2,1-3H3. The molecule has 3 rings (SSSR count). The minimum Gasteiger partial charge on any atom is -0.375 e. The van der Waals surface area contributed by atoms with E-state index < -0.39 is 0 Å². The van der Waals surface area contributed by atoms with Gasteiger partial charge < -0.3 is 5.32 Å². The van der Waals surface area contributed by atoms with Crippen molar-refractivity contribution >= 4 is 5.69 Å². The Labute approximate surface area is 99.9 Å². The fourth-order valence-electron chi connectivity index (χ4n) is 1.85. The van der Waals surface area contributed by atoms with Gasteiger partial charge in [0.1, 0.15) is 0 Å². The lowest BCUT2D eigenvalue weighted by molar-refractivity contribution is 0.543. The molecule has 88 valence electrons. The van der Waals surface area contributed by atoms with Gasteiger partial charge in [-0.05, 0) is 6.07 Å². The third-order valence-corrected chi connectivity index (χ3v) is 2.81. The van der Waals surface area contributed by atoms with Crippen LogP contribution in [0.25, 0.3) is 5.69 Å². The van der Waals surface area contributed by atoms with E-state index in [1.165, 1.54) is 0 Å². The van der Waals surface area contributed by atoms with Gasteiger partial charge in [0.25, 0.3) is 0 Å². The summed E-state index contributed by atoms with van der Waals surface area (Å²) in [5.41, 5.74) is 1.99. The van der Waals surface area contributed by atoms with E-state index in [0.717, 1.165) is 23.0 Å². The molecule has 0 atom stereocenters. The highest BCUT2D eigenvalue weighted by atomic mass is 15.4. The molecule has 0 bridgehead atoms. The van der Waals surface area contributed by atoms with E-state index in [-0.39, 0.29) is 5.41 Å². The normalized spacial score (nSPS) is 13.8. The molecule has 0 saturated heterocycles. The van der Waals surface area contributed by atoms with Gasteiger partial charge >= 0.3 is 0 Å². The number of hydrogen-bond donors (Lipinski definition) is 1. The predicted octanol–water partition coefficient (Wildman–Crippen LogP) is 1.89. The van der Waals surface area contributed by atoms with Crippen molar-refractivity contribution in [3.8, 4) is 5.69 Å². The Hall–Kier alpha value is -1.91. The molecule has 2 aromatic rings. The Balaban J connectivity index is 2.17. The molecular formula is C12H15N5. The van der Waals surface area contributed by atoms with Crippen molar-refractivity contribution in [3.63, 3.8) is 0 Å². The maximum Gasteiger partial charge on any atom is 0.156 e. The van der Waals surface area contributed by atoms with Gasteiger partial charge in [-0.25, -0.2) is 9.67 Å². The van der Waals surface area contributed by atoms with Gasteiger partial charge in [0.2, 0.25) is 0 Å². The van der Waals surface area contributed by atoms with Gasteiger partial charge in [-0.1, -0.05) is 20.8 Å². The molecule has 1 N–H and O–H groups in total. The Bertz CT molecular complexity index is 565. The van der Waals surface area contributed by atoms with E-state index in [1.54, 1.807) is 6.20 Å². The third-order valence-electron chi connectivity index (χ3n) is 2.81. The lowest BCUT2D eigenvalue weighted by Gasteiger charge is -2.17. The molecule has 0 saturated carbocycles. The van der Waals surface area contributed by atoms with Crippen LogP contribution in [0.15, 0.2) is 18.5 Å². The predicted molar refractivity (Wildman–Crippen MR) is 65.2 cm³/mol. The van der Waals surface area contributed by atoms with Gasteiger partial charge in [0.15, 0.2) is 11.6 Å². The lowest BCUT2D eigenvalue weighted by Crippen LogP contribution is -2.16. The largest absolute Gasteiger partial charge is 0.375 e. The molecular weight excluding hydrogens is 214 g/mol. The van der Waals surface area contributed by atoms with Crippen molar-refractivity contribution in [1.29, 1.82) is 0 Å². The fraction of sp³-hybridized carbons (Fsp3) is 0.417. The van der Waals surface area contributed by atoms with Crippen molar-refractivity contribution in [3.05, 3.63) is 30.1 Å². The summed E-state index contributed by atoms with van der Waals surface area (Å²) in [6.07, 6.45) is 3.59. The van der Waals surface area contributed by atoms with Crippen LogP contribution in [0.2, 0.25) is 0 Å². The molecule has 0 amide bonds. The highest BCUT2D eigenvalue weighted by Crippen LogP contribution is 2.27. The van der Waals surface area contributed by atoms with E-state index in [9.17, 15) is 0 Å². The van der Waals surface area contributed by atoms with Gasteiger partial charge in [0, 0.05) is 11.6 Å². The smallest absolute Gasteiger partial charge is 0.156 e. The van der Waals surface area contributed by atoms with Gasteiger partial charge in [0.05, 0.1) is 24.1 Å². The molecule has 0 aliphatic carbocycles. The monoisotopic (exact) mass is 229 g/mol. The molecule has 1 aliphatic heterocycles. The van der Waals surface area contributed by atoms with E-state index in [1.807, 2.05) is 16.9 Å². The number of fused-ring (bicyclic) bond motifs is 3. The van der Waals surface area contributed by atoms with Crippen LogP contribution in [0.3, 0.4) is 0 Å². The molecule has 0 radical (unpaired) electrons. The van der Waals surface area contributed by atoms with Crippen molar-refractivity contribution in [1.82, 2.24) is 19.7 Å². The van der Waals surface area contributed by atoms with Crippen molar-refractivity contribution < 1.29 is 0 Å². The first-order valence-corrected chi connectivity index (χ1v) is 5.70. The van der Waals surface area contributed by atoms with Crippen LogP contribution in [0.1, 0.15) is 32.4 Å². The zero-order chi connectivity index (χ0) is 12.0. The first-order valence-electron chi connectivity index (χ1n) is 5.70. The van der Waals surface area contributed by atoms with Gasteiger partial charge in [-0.2, -0.15) is 5.10 Å². The van der Waals surface area contributed by atoms with Crippen molar-refractivity contribution in [2.24, 2.45) is 0 Å². The Morgan fingerprint density at radius 3 is 2.94 bits per heavy atom. The number of nitrogens with one attached hydrogen (secondary N) is 1. The van der Waals surface area contributed by atoms with Crippen LogP contribution in [-0.4, -0.2) is 19.7 Å². The van der Waals surface area contributed by atoms with Crippen LogP contribution in [0.4, 0.5) is 5.69 Å². The van der Waals surface area contributed by atoms with Crippen LogP contribution in [0, 0.1) is 0 Å². The number of anilines is 1. The SMILES string of the molecule is CC(C)(C)c1nc2n(n1)-c1ccncc1NC2. The number of hydrogen-bond acceptors (Lipinski definition) is 4. The Morgan fingerprint density at radius 2 is 2.18 bits per heavy atom. The first kappa shape index (κ1) is 10.3. The molecule has 5 nitrogen and oxygen atoms in total. The maximum atomic E-state index is 4.60. The fourth-order valence-corrected chi connectivity index (χ4v) is 1.85. The minimum absolute atomic E-state index is 0.0302. The molecule has 3 heterocycles. The van der Waals surface area contributed by atoms with Crippen molar-refractivity contribution in [2.45, 2.75) is 32.7 Å². The summed E-state index contributed by atoms with van der Waals surface area (Å²) in [6, 6.07) is 1.95. The molecule has 0 unspecified atom stereocenters. The molecule has 1 aliphatic rings. The highest BCUT2D eigenvalue weighted by Gasteiger charge is 2.25. The Morgan fingerprint density at radius 1 is 1.35 bits per heavy atom. The zero-order valence-electron chi connectivity index (χ0n) is 10.2. The number of nitrogens with zero attached hydrogens (tertiary/aromatic N) is 4. The quantitative estimate of drug-likeness (QED) is 0.749. The van der Waals surface area contributed by atoms with Crippen molar-refractivity contribution in [2.75, 3.05) is 5.32 Å². The topological polar surface area (TPSA) is 55.6 Å². The van der Waals surface area contributed by atoms with Crippen LogP contribution >= 0.6 is 0 Å². The van der Waals surface area contributed by atoms with Crippen LogP contribution in [-0.2, 0) is 12.0 Å². The molecule has 5 heteroatoms.